The van der Waals surface area contributed by atoms with Gasteiger partial charge in [-0.05, 0) is 3.71 Å². The van der Waals surface area contributed by atoms with Crippen LogP contribution in [0.15, 0.2) is 0 Å². The van der Waals surface area contributed by atoms with Gasteiger partial charge in [0.2, 0.25) is 6.29 Å². The lowest BCUT2D eigenvalue weighted by atomic mass is 10.7. The monoisotopic (exact) mass is 315 g/mol. The van der Waals surface area contributed by atoms with Crippen molar-refractivity contribution < 1.29 is 41.7 Å². The standard InChI is InChI=1S/C3H6FNO9S3/c1-5(15(4,6)7)16(8,9)13-3-2-12-17(10,11)14-3/h3H,2H2,1H3. The van der Waals surface area contributed by atoms with Gasteiger partial charge in [-0.2, -0.15) is 25.3 Å². The molecule has 1 rings (SSSR count). The van der Waals surface area contributed by atoms with Crippen LogP contribution in [0.25, 0.3) is 0 Å². The largest absolute Gasteiger partial charge is 0.402 e. The van der Waals surface area contributed by atoms with E-state index in [0.717, 1.165) is 0 Å². The van der Waals surface area contributed by atoms with E-state index in [-0.39, 0.29) is 0 Å². The molecule has 1 aliphatic heterocycles. The minimum atomic E-state index is -5.56. The summed E-state index contributed by atoms with van der Waals surface area (Å²) in [4.78, 5) is 0. The maximum Gasteiger partial charge on any atom is 0.402 e. The number of halogens is 1. The van der Waals surface area contributed by atoms with Gasteiger partial charge < -0.3 is 0 Å². The quantitative estimate of drug-likeness (QED) is 0.540. The molecule has 10 nitrogen and oxygen atoms in total. The van der Waals surface area contributed by atoms with Crippen LogP contribution >= 0.6 is 0 Å². The van der Waals surface area contributed by atoms with Crippen molar-refractivity contribution in [1.82, 2.24) is 3.71 Å². The first-order chi connectivity index (χ1) is 7.44. The van der Waals surface area contributed by atoms with Crippen LogP contribution in [0.3, 0.4) is 0 Å². The molecule has 0 N–H and O–H groups in total. The molecule has 0 aromatic heterocycles. The number of hydrogen-bond donors (Lipinski definition) is 0. The topological polar surface area (TPSA) is 133 Å². The van der Waals surface area contributed by atoms with Crippen molar-refractivity contribution in [2.45, 2.75) is 6.29 Å². The zero-order valence-corrected chi connectivity index (χ0v) is 10.5. The number of hydrogen-bond acceptors (Lipinski definition) is 9. The molecule has 0 bridgehead atoms. The van der Waals surface area contributed by atoms with Gasteiger partial charge in [0.05, 0.1) is 0 Å². The fourth-order valence-corrected chi connectivity index (χ4v) is 2.88. The molecule has 0 aromatic rings. The Morgan fingerprint density at radius 2 is 1.88 bits per heavy atom. The fraction of sp³-hybridized carbons (Fsp3) is 1.00. The minimum Gasteiger partial charge on any atom is -0.243 e. The maximum atomic E-state index is 12.4. The number of nitrogens with zero attached hydrogens (tertiary/aromatic N) is 1. The predicted molar refractivity (Wildman–Crippen MR) is 47.5 cm³/mol. The summed E-state index contributed by atoms with van der Waals surface area (Å²) in [5.74, 6) is 0. The molecule has 0 radical (unpaired) electrons. The van der Waals surface area contributed by atoms with E-state index in [2.05, 4.69) is 12.5 Å². The second-order valence-corrected chi connectivity index (χ2v) is 7.04. The lowest BCUT2D eigenvalue weighted by Crippen LogP contribution is -2.35. The highest BCUT2D eigenvalue weighted by Gasteiger charge is 2.39. The lowest BCUT2D eigenvalue weighted by molar-refractivity contribution is 0.0272. The Labute approximate surface area is 96.8 Å². The van der Waals surface area contributed by atoms with Crippen LogP contribution in [0.5, 0.6) is 0 Å². The Morgan fingerprint density at radius 1 is 1.35 bits per heavy atom. The van der Waals surface area contributed by atoms with Crippen molar-refractivity contribution in [3.8, 4) is 0 Å². The summed E-state index contributed by atoms with van der Waals surface area (Å²) in [6.45, 7) is -0.804. The van der Waals surface area contributed by atoms with E-state index in [1.807, 2.05) is 0 Å². The molecule has 1 atom stereocenters. The Hall–Kier alpha value is -0.380. The molecular formula is C3H6FNO9S3. The van der Waals surface area contributed by atoms with Gasteiger partial charge in [-0.25, -0.2) is 12.5 Å². The van der Waals surface area contributed by atoms with E-state index in [1.54, 1.807) is 0 Å². The molecule has 0 saturated carbocycles. The number of rotatable bonds is 4. The summed E-state index contributed by atoms with van der Waals surface area (Å²) in [7, 11) is -14.6. The van der Waals surface area contributed by atoms with Crippen molar-refractivity contribution in [3.05, 3.63) is 0 Å². The molecule has 1 heterocycles. The third-order valence-corrected chi connectivity index (χ3v) is 5.08. The average molecular weight is 315 g/mol. The second-order valence-electron chi connectivity index (χ2n) is 2.59. The van der Waals surface area contributed by atoms with Crippen molar-refractivity contribution in [3.63, 3.8) is 0 Å². The highest BCUT2D eigenvalue weighted by Crippen LogP contribution is 2.18. The molecule has 14 heteroatoms. The summed E-state index contributed by atoms with van der Waals surface area (Å²) in [5, 5.41) is 0. The Kier molecular flexibility index (Phi) is 3.78. The van der Waals surface area contributed by atoms with E-state index in [4.69, 9.17) is 0 Å². The smallest absolute Gasteiger partial charge is 0.243 e. The summed E-state index contributed by atoms with van der Waals surface area (Å²) in [5.41, 5.74) is 0. The highest BCUT2D eigenvalue weighted by molar-refractivity contribution is 7.99. The Balaban J connectivity index is 2.83. The van der Waals surface area contributed by atoms with Gasteiger partial charge in [-0.1, -0.05) is 3.89 Å². The van der Waals surface area contributed by atoms with Crippen LogP contribution in [0.1, 0.15) is 0 Å². The molecule has 1 aliphatic rings. The maximum absolute atomic E-state index is 12.4. The van der Waals surface area contributed by atoms with Crippen LogP contribution in [-0.4, -0.2) is 48.9 Å². The molecule has 0 aliphatic carbocycles. The van der Waals surface area contributed by atoms with Crippen molar-refractivity contribution in [1.29, 1.82) is 0 Å². The van der Waals surface area contributed by atoms with Gasteiger partial charge in [0.1, 0.15) is 6.61 Å². The molecule has 0 spiro atoms. The summed E-state index contributed by atoms with van der Waals surface area (Å²) >= 11 is 0. The summed E-state index contributed by atoms with van der Waals surface area (Å²) < 4.78 is 87.4. The zero-order chi connectivity index (χ0) is 13.5. The van der Waals surface area contributed by atoms with Crippen LogP contribution < -0.4 is 0 Å². The molecule has 0 amide bonds. The Morgan fingerprint density at radius 3 is 2.24 bits per heavy atom. The fourth-order valence-electron chi connectivity index (χ4n) is 0.675. The van der Waals surface area contributed by atoms with E-state index in [1.165, 1.54) is 0 Å². The molecule has 0 aromatic carbocycles. The van der Waals surface area contributed by atoms with Gasteiger partial charge in [0, 0.05) is 7.05 Å². The summed E-state index contributed by atoms with van der Waals surface area (Å²) in [6, 6.07) is 0. The van der Waals surface area contributed by atoms with E-state index >= 15 is 0 Å². The third-order valence-electron chi connectivity index (χ3n) is 1.42. The predicted octanol–water partition coefficient (Wildman–Crippen LogP) is -1.99. The van der Waals surface area contributed by atoms with Crippen molar-refractivity contribution >= 4 is 31.1 Å². The van der Waals surface area contributed by atoms with Gasteiger partial charge in [0.25, 0.3) is 0 Å². The minimum absolute atomic E-state index is 0.356. The first-order valence-corrected chi connectivity index (χ1v) is 7.67. The molecule has 17 heavy (non-hydrogen) atoms. The van der Waals surface area contributed by atoms with E-state index in [9.17, 15) is 29.1 Å². The Bertz CT molecular complexity index is 589. The van der Waals surface area contributed by atoms with Crippen LogP contribution in [-0.2, 0) is 43.7 Å². The highest BCUT2D eigenvalue weighted by atomic mass is 32.3. The molecule has 1 fully saturated rings. The first-order valence-electron chi connectivity index (χ1n) is 3.63. The van der Waals surface area contributed by atoms with E-state index < -0.39 is 47.7 Å². The van der Waals surface area contributed by atoms with Crippen LogP contribution in [0.2, 0.25) is 0 Å². The van der Waals surface area contributed by atoms with Crippen molar-refractivity contribution in [2.75, 3.05) is 13.7 Å². The SMILES string of the molecule is CN(S(=O)(=O)F)S(=O)(=O)OC1COS(=O)(=O)O1. The zero-order valence-electron chi connectivity index (χ0n) is 8.01. The normalized spacial score (nSPS) is 25.2. The molecule has 1 unspecified atom stereocenters. The van der Waals surface area contributed by atoms with Gasteiger partial charge in [-0.15, -0.1) is 0 Å². The van der Waals surface area contributed by atoms with Crippen LogP contribution in [0.4, 0.5) is 3.89 Å². The summed E-state index contributed by atoms with van der Waals surface area (Å²) in [6.07, 6.45) is -1.91. The van der Waals surface area contributed by atoms with E-state index in [0.29, 0.717) is 7.05 Å². The van der Waals surface area contributed by atoms with Gasteiger partial charge in [-0.3, -0.25) is 0 Å². The first kappa shape index (κ1) is 14.7. The molecule has 1 saturated heterocycles. The third kappa shape index (κ3) is 3.80. The lowest BCUT2D eigenvalue weighted by Gasteiger charge is -2.13. The van der Waals surface area contributed by atoms with Crippen molar-refractivity contribution in [2.24, 2.45) is 0 Å². The average Bonchev–Trinajstić information content (AvgIpc) is 2.41. The van der Waals surface area contributed by atoms with Gasteiger partial charge in [0.15, 0.2) is 0 Å². The van der Waals surface area contributed by atoms with Crippen LogP contribution in [0, 0.1) is 0 Å². The second kappa shape index (κ2) is 4.38. The van der Waals surface area contributed by atoms with Gasteiger partial charge >= 0.3 is 31.1 Å². The molecule has 102 valence electrons. The molecular weight excluding hydrogens is 309 g/mol.